The van der Waals surface area contributed by atoms with Crippen molar-refractivity contribution in [1.82, 2.24) is 19.7 Å². The maximum absolute atomic E-state index is 11.3. The van der Waals surface area contributed by atoms with E-state index in [1.165, 1.54) is 18.1 Å². The molecule has 4 N–H and O–H groups in total. The van der Waals surface area contributed by atoms with Gasteiger partial charge in [-0.25, -0.2) is 19.8 Å². The molecule has 2 aromatic heterocycles. The van der Waals surface area contributed by atoms with E-state index in [-0.39, 0.29) is 19.0 Å². The predicted octanol–water partition coefficient (Wildman–Crippen LogP) is -0.956. The van der Waals surface area contributed by atoms with Crippen LogP contribution in [0, 0.1) is 11.8 Å². The molecule has 4 atom stereocenters. The molecule has 0 spiro atoms. The van der Waals surface area contributed by atoms with Crippen molar-refractivity contribution in [2.75, 3.05) is 26.1 Å². The highest BCUT2D eigenvalue weighted by Gasteiger charge is 2.56. The van der Waals surface area contributed by atoms with Crippen molar-refractivity contribution in [3.63, 3.8) is 0 Å². The molecule has 0 amide bonds. The van der Waals surface area contributed by atoms with Crippen molar-refractivity contribution in [2.45, 2.75) is 44.2 Å². The van der Waals surface area contributed by atoms with E-state index in [0.29, 0.717) is 16.7 Å². The van der Waals surface area contributed by atoms with Crippen molar-refractivity contribution >= 4 is 27.2 Å². The first-order chi connectivity index (χ1) is 14.6. The van der Waals surface area contributed by atoms with E-state index >= 15 is 0 Å². The number of nitrogens with zero attached hydrogens (tertiary/aromatic N) is 4. The first-order valence-electron chi connectivity index (χ1n) is 9.24. The minimum atomic E-state index is -4.17. The second-order valence-corrected chi connectivity index (χ2v) is 8.61. The lowest BCUT2D eigenvalue weighted by Crippen LogP contribution is -2.34. The standard InChI is InChI=1S/C17H22N6O7S/c1-17(2)29-12-10(7-27-31(19,24)25)28-16(13(12)30-17)23-15-11(14(18)20-8-21-15)9(22-23)5-4-6-26-3/h8,10,12-13,16H,6-7H2,1-3H3,(H2,18,20,21)(H2,19,24,25)/t10-,12-,13-,16-/m1/s1. The molecule has 168 valence electrons. The van der Waals surface area contributed by atoms with E-state index in [2.05, 4.69) is 26.9 Å². The summed E-state index contributed by atoms with van der Waals surface area (Å²) in [7, 11) is -2.64. The van der Waals surface area contributed by atoms with E-state index in [1.807, 2.05) is 0 Å². The van der Waals surface area contributed by atoms with Gasteiger partial charge in [0.25, 0.3) is 0 Å². The highest BCUT2D eigenvalue weighted by Crippen LogP contribution is 2.44. The van der Waals surface area contributed by atoms with Gasteiger partial charge < -0.3 is 24.7 Å². The molecule has 31 heavy (non-hydrogen) atoms. The van der Waals surface area contributed by atoms with Crippen LogP contribution in [0.3, 0.4) is 0 Å². The van der Waals surface area contributed by atoms with Gasteiger partial charge in [0.1, 0.15) is 42.8 Å². The Kier molecular flexibility index (Phi) is 5.60. The molecular weight excluding hydrogens is 432 g/mol. The van der Waals surface area contributed by atoms with Crippen molar-refractivity contribution < 1.29 is 31.5 Å². The van der Waals surface area contributed by atoms with Crippen LogP contribution in [-0.2, 0) is 33.4 Å². The fourth-order valence-corrected chi connectivity index (χ4v) is 3.93. The fraction of sp³-hybridized carbons (Fsp3) is 0.588. The van der Waals surface area contributed by atoms with E-state index < -0.39 is 40.6 Å². The molecule has 4 heterocycles. The number of nitrogens with two attached hydrogens (primary N) is 2. The molecular formula is C17H22N6O7S. The Morgan fingerprint density at radius 3 is 2.74 bits per heavy atom. The average Bonchev–Trinajstić information content (AvgIpc) is 3.29. The molecule has 2 saturated heterocycles. The Hall–Kier alpha value is -2.38. The number of fused-ring (bicyclic) bond motifs is 2. The summed E-state index contributed by atoms with van der Waals surface area (Å²) in [4.78, 5) is 8.30. The number of hydrogen-bond donors (Lipinski definition) is 2. The van der Waals surface area contributed by atoms with Gasteiger partial charge in [0.05, 0.1) is 12.0 Å². The van der Waals surface area contributed by atoms with Gasteiger partial charge in [0, 0.05) is 7.11 Å². The maximum atomic E-state index is 11.3. The smallest absolute Gasteiger partial charge is 0.333 e. The summed E-state index contributed by atoms with van der Waals surface area (Å²) in [5, 5.41) is 9.92. The van der Waals surface area contributed by atoms with Crippen LogP contribution >= 0.6 is 0 Å². The number of hydrogen-bond acceptors (Lipinski definition) is 11. The largest absolute Gasteiger partial charge is 0.383 e. The molecule has 4 rings (SSSR count). The van der Waals surface area contributed by atoms with Gasteiger partial charge in [-0.05, 0) is 19.8 Å². The van der Waals surface area contributed by atoms with Crippen LogP contribution in [0.2, 0.25) is 0 Å². The molecule has 2 fully saturated rings. The molecule has 0 aromatic carbocycles. The Morgan fingerprint density at radius 1 is 1.29 bits per heavy atom. The van der Waals surface area contributed by atoms with Gasteiger partial charge in [-0.2, -0.15) is 13.5 Å². The van der Waals surface area contributed by atoms with Gasteiger partial charge in [-0.3, -0.25) is 4.18 Å². The summed E-state index contributed by atoms with van der Waals surface area (Å²) in [6.07, 6.45) is -1.59. The van der Waals surface area contributed by atoms with Crippen LogP contribution < -0.4 is 10.9 Å². The zero-order chi connectivity index (χ0) is 22.4. The van der Waals surface area contributed by atoms with Gasteiger partial charge in [-0.15, -0.1) is 0 Å². The maximum Gasteiger partial charge on any atom is 0.333 e. The van der Waals surface area contributed by atoms with Crippen molar-refractivity contribution in [2.24, 2.45) is 5.14 Å². The van der Waals surface area contributed by atoms with Crippen LogP contribution in [0.15, 0.2) is 6.33 Å². The number of nitrogen functional groups attached to an aromatic ring is 1. The summed E-state index contributed by atoms with van der Waals surface area (Å²) in [5.41, 5.74) is 6.76. The number of aromatic nitrogens is 4. The first kappa shape index (κ1) is 21.8. The molecule has 0 radical (unpaired) electrons. The Bertz CT molecular complexity index is 1150. The average molecular weight is 454 g/mol. The minimum Gasteiger partial charge on any atom is -0.383 e. The summed E-state index contributed by atoms with van der Waals surface area (Å²) in [5.74, 6) is 4.98. The summed E-state index contributed by atoms with van der Waals surface area (Å²) >= 11 is 0. The van der Waals surface area contributed by atoms with Crippen LogP contribution in [-0.4, -0.2) is 72.6 Å². The van der Waals surface area contributed by atoms with E-state index in [4.69, 9.17) is 34.0 Å². The zero-order valence-corrected chi connectivity index (χ0v) is 17.8. The number of rotatable bonds is 5. The second kappa shape index (κ2) is 7.95. The molecule has 2 aliphatic rings. The third kappa shape index (κ3) is 4.34. The molecule has 0 bridgehead atoms. The highest BCUT2D eigenvalue weighted by atomic mass is 32.2. The number of methoxy groups -OCH3 is 1. The van der Waals surface area contributed by atoms with E-state index in [9.17, 15) is 8.42 Å². The fourth-order valence-electron chi connectivity index (χ4n) is 3.60. The topological polar surface area (TPSA) is 176 Å². The molecule has 0 aliphatic carbocycles. The minimum absolute atomic E-state index is 0.199. The van der Waals surface area contributed by atoms with Crippen molar-refractivity contribution in [3.8, 4) is 11.8 Å². The second-order valence-electron chi connectivity index (χ2n) is 7.39. The summed E-state index contributed by atoms with van der Waals surface area (Å²) in [6, 6.07) is 0. The first-order valence-corrected chi connectivity index (χ1v) is 10.7. The van der Waals surface area contributed by atoms with E-state index in [1.54, 1.807) is 13.8 Å². The van der Waals surface area contributed by atoms with Crippen LogP contribution in [0.1, 0.15) is 25.8 Å². The van der Waals surface area contributed by atoms with E-state index in [0.717, 1.165) is 0 Å². The normalized spacial score (nSPS) is 27.2. The Morgan fingerprint density at radius 2 is 2.03 bits per heavy atom. The van der Waals surface area contributed by atoms with Gasteiger partial charge >= 0.3 is 10.3 Å². The lowest BCUT2D eigenvalue weighted by atomic mass is 10.1. The third-order valence-electron chi connectivity index (χ3n) is 4.70. The SMILES string of the molecule is COCC#Cc1nn([C@@H]2O[C@H](COS(N)(=O)=O)[C@H]3OC(C)(C)O[C@H]32)c2ncnc(N)c12. The molecule has 13 nitrogen and oxygen atoms in total. The van der Waals surface area contributed by atoms with Gasteiger partial charge in [-0.1, -0.05) is 5.92 Å². The van der Waals surface area contributed by atoms with Crippen LogP contribution in [0.5, 0.6) is 0 Å². The predicted molar refractivity (Wildman–Crippen MR) is 105 cm³/mol. The number of ether oxygens (including phenoxy) is 4. The monoisotopic (exact) mass is 454 g/mol. The number of anilines is 1. The molecule has 14 heteroatoms. The lowest BCUT2D eigenvalue weighted by Gasteiger charge is -2.24. The molecule has 2 aromatic rings. The quantitative estimate of drug-likeness (QED) is 0.532. The Balaban J connectivity index is 1.74. The molecule has 0 saturated carbocycles. The molecule has 0 unspecified atom stereocenters. The van der Waals surface area contributed by atoms with Crippen LogP contribution in [0.25, 0.3) is 11.0 Å². The van der Waals surface area contributed by atoms with Crippen molar-refractivity contribution in [3.05, 3.63) is 12.0 Å². The van der Waals surface area contributed by atoms with Crippen molar-refractivity contribution in [1.29, 1.82) is 0 Å². The lowest BCUT2D eigenvalue weighted by molar-refractivity contribution is -0.200. The zero-order valence-electron chi connectivity index (χ0n) is 17.0. The van der Waals surface area contributed by atoms with Gasteiger partial charge in [0.15, 0.2) is 17.7 Å². The van der Waals surface area contributed by atoms with Gasteiger partial charge in [0.2, 0.25) is 0 Å². The van der Waals surface area contributed by atoms with Crippen LogP contribution in [0.4, 0.5) is 5.82 Å². The summed E-state index contributed by atoms with van der Waals surface area (Å²) in [6.45, 7) is 3.32. The third-order valence-corrected chi connectivity index (χ3v) is 5.17. The highest BCUT2D eigenvalue weighted by molar-refractivity contribution is 7.84. The Labute approximate surface area is 178 Å². The molecule has 2 aliphatic heterocycles. The summed E-state index contributed by atoms with van der Waals surface area (Å²) < 4.78 is 51.6.